The van der Waals surface area contributed by atoms with Crippen molar-refractivity contribution < 1.29 is 19.1 Å². The van der Waals surface area contributed by atoms with Crippen LogP contribution in [0.15, 0.2) is 36.4 Å². The summed E-state index contributed by atoms with van der Waals surface area (Å²) < 4.78 is 11.0. The van der Waals surface area contributed by atoms with Crippen LogP contribution in [0, 0.1) is 0 Å². The van der Waals surface area contributed by atoms with Gasteiger partial charge in [-0.2, -0.15) is 0 Å². The molecule has 3 rings (SSSR count). The highest BCUT2D eigenvalue weighted by molar-refractivity contribution is 6.30. The van der Waals surface area contributed by atoms with E-state index in [4.69, 9.17) is 21.1 Å². The number of carbonyl (C=O) groups is 2. The molecule has 29 heavy (non-hydrogen) atoms. The van der Waals surface area contributed by atoms with Gasteiger partial charge in [-0.15, -0.1) is 0 Å². The number of hydrogen-bond acceptors (Lipinski definition) is 5. The van der Waals surface area contributed by atoms with Gasteiger partial charge in [0.1, 0.15) is 5.75 Å². The van der Waals surface area contributed by atoms with E-state index in [1.54, 1.807) is 24.3 Å². The number of carbonyl (C=O) groups excluding carboxylic acids is 2. The zero-order valence-electron chi connectivity index (χ0n) is 16.5. The predicted octanol–water partition coefficient (Wildman–Crippen LogP) is 3.63. The summed E-state index contributed by atoms with van der Waals surface area (Å²) in [4.78, 5) is 25.6. The molecule has 0 radical (unpaired) electrons. The minimum Gasteiger partial charge on any atom is -0.467 e. The van der Waals surface area contributed by atoms with Crippen molar-refractivity contribution in [3.05, 3.63) is 52.5 Å². The lowest BCUT2D eigenvalue weighted by molar-refractivity contribution is -0.117. The average molecular weight is 418 g/mol. The van der Waals surface area contributed by atoms with Crippen LogP contribution in [0.4, 0.5) is 11.4 Å². The molecule has 8 heteroatoms. The lowest BCUT2D eigenvalue weighted by atomic mass is 10.1. The van der Waals surface area contributed by atoms with Crippen LogP contribution in [0.3, 0.4) is 0 Å². The fraction of sp³-hybridized carbons (Fsp3) is 0.333. The van der Waals surface area contributed by atoms with Crippen molar-refractivity contribution in [2.75, 3.05) is 30.5 Å². The first-order chi connectivity index (χ1) is 13.9. The van der Waals surface area contributed by atoms with Gasteiger partial charge in [0.25, 0.3) is 0 Å². The highest BCUT2D eigenvalue weighted by Gasteiger charge is 2.19. The van der Waals surface area contributed by atoms with Crippen LogP contribution in [-0.4, -0.2) is 36.6 Å². The highest BCUT2D eigenvalue weighted by Crippen LogP contribution is 2.32. The van der Waals surface area contributed by atoms with E-state index in [-0.39, 0.29) is 25.2 Å². The standard InChI is InChI=1S/C21H24ClN3O4/c1-3-25(10-15-8-17(22)9-16-12-28-13-29-21(15)16)11-20(27)24-19-6-4-18(5-7-19)23-14(2)26/h4-9H,3,10-13H2,1-2H3,(H,23,26)(H,24,27). The van der Waals surface area contributed by atoms with Crippen molar-refractivity contribution in [2.45, 2.75) is 27.0 Å². The topological polar surface area (TPSA) is 79.9 Å². The molecule has 0 bridgehead atoms. The van der Waals surface area contributed by atoms with Gasteiger partial charge in [-0.3, -0.25) is 14.5 Å². The third kappa shape index (κ3) is 5.93. The summed E-state index contributed by atoms with van der Waals surface area (Å²) in [7, 11) is 0. The molecule has 154 valence electrons. The zero-order valence-corrected chi connectivity index (χ0v) is 17.2. The second kappa shape index (κ2) is 9.73. The van der Waals surface area contributed by atoms with Crippen molar-refractivity contribution in [1.29, 1.82) is 0 Å². The van der Waals surface area contributed by atoms with Gasteiger partial charge < -0.3 is 20.1 Å². The monoisotopic (exact) mass is 417 g/mol. The molecule has 0 fully saturated rings. The SMILES string of the molecule is CCN(CC(=O)Nc1ccc(NC(C)=O)cc1)Cc1cc(Cl)cc2c1OCOC2. The number of anilines is 2. The molecule has 7 nitrogen and oxygen atoms in total. The molecule has 2 amide bonds. The van der Waals surface area contributed by atoms with Crippen LogP contribution >= 0.6 is 11.6 Å². The van der Waals surface area contributed by atoms with E-state index in [1.165, 1.54) is 6.92 Å². The maximum atomic E-state index is 12.5. The quantitative estimate of drug-likeness (QED) is 0.719. The average Bonchev–Trinajstić information content (AvgIpc) is 2.68. The molecule has 0 saturated carbocycles. The van der Waals surface area contributed by atoms with E-state index in [0.717, 1.165) is 16.9 Å². The Morgan fingerprint density at radius 1 is 1.14 bits per heavy atom. The smallest absolute Gasteiger partial charge is 0.238 e. The van der Waals surface area contributed by atoms with Crippen LogP contribution < -0.4 is 15.4 Å². The summed E-state index contributed by atoms with van der Waals surface area (Å²) in [6.45, 7) is 5.57. The Bertz CT molecular complexity index is 886. The second-order valence-corrected chi connectivity index (χ2v) is 7.21. The van der Waals surface area contributed by atoms with Gasteiger partial charge in [0.2, 0.25) is 11.8 Å². The molecule has 1 heterocycles. The second-order valence-electron chi connectivity index (χ2n) is 6.77. The fourth-order valence-corrected chi connectivity index (χ4v) is 3.40. The Kier molecular flexibility index (Phi) is 7.09. The lowest BCUT2D eigenvalue weighted by Crippen LogP contribution is -2.33. The van der Waals surface area contributed by atoms with Gasteiger partial charge in [-0.05, 0) is 42.9 Å². The molecule has 0 aliphatic carbocycles. The number of hydrogen-bond donors (Lipinski definition) is 2. The van der Waals surface area contributed by atoms with Crippen molar-refractivity contribution in [3.63, 3.8) is 0 Å². The molecular weight excluding hydrogens is 394 g/mol. The molecule has 0 aromatic heterocycles. The Labute approximate surface area is 174 Å². The number of likely N-dealkylation sites (N-methyl/N-ethyl adjacent to an activating group) is 1. The van der Waals surface area contributed by atoms with Gasteiger partial charge in [-0.1, -0.05) is 18.5 Å². The van der Waals surface area contributed by atoms with E-state index in [0.29, 0.717) is 36.1 Å². The maximum absolute atomic E-state index is 12.5. The van der Waals surface area contributed by atoms with Crippen LogP contribution in [0.2, 0.25) is 5.02 Å². The molecule has 2 N–H and O–H groups in total. The number of rotatable bonds is 7. The van der Waals surface area contributed by atoms with Crippen LogP contribution in [-0.2, 0) is 27.5 Å². The van der Waals surface area contributed by atoms with E-state index >= 15 is 0 Å². The van der Waals surface area contributed by atoms with Crippen molar-refractivity contribution in [1.82, 2.24) is 4.90 Å². The summed E-state index contributed by atoms with van der Waals surface area (Å²) in [6, 6.07) is 10.7. The molecule has 1 aliphatic rings. The summed E-state index contributed by atoms with van der Waals surface area (Å²) >= 11 is 6.23. The Balaban J connectivity index is 1.62. The third-order valence-corrected chi connectivity index (χ3v) is 4.67. The fourth-order valence-electron chi connectivity index (χ4n) is 3.14. The van der Waals surface area contributed by atoms with Gasteiger partial charge in [-0.25, -0.2) is 0 Å². The van der Waals surface area contributed by atoms with E-state index < -0.39 is 0 Å². The molecule has 0 unspecified atom stereocenters. The van der Waals surface area contributed by atoms with Crippen molar-refractivity contribution >= 4 is 34.8 Å². The normalized spacial score (nSPS) is 12.8. The summed E-state index contributed by atoms with van der Waals surface area (Å²) in [6.07, 6.45) is 0. The molecule has 0 atom stereocenters. The highest BCUT2D eigenvalue weighted by atomic mass is 35.5. The number of amides is 2. The molecular formula is C21H24ClN3O4. The van der Waals surface area contributed by atoms with Crippen molar-refractivity contribution in [3.8, 4) is 5.75 Å². The summed E-state index contributed by atoms with van der Waals surface area (Å²) in [5.41, 5.74) is 3.20. The number of nitrogens with zero attached hydrogens (tertiary/aromatic N) is 1. The van der Waals surface area contributed by atoms with Gasteiger partial charge in [0.15, 0.2) is 6.79 Å². The van der Waals surface area contributed by atoms with Crippen molar-refractivity contribution in [2.24, 2.45) is 0 Å². The van der Waals surface area contributed by atoms with E-state index in [2.05, 4.69) is 10.6 Å². The minimum absolute atomic E-state index is 0.126. The summed E-state index contributed by atoms with van der Waals surface area (Å²) in [5, 5.41) is 6.19. The lowest BCUT2D eigenvalue weighted by Gasteiger charge is -2.25. The van der Waals surface area contributed by atoms with Crippen LogP contribution in [0.25, 0.3) is 0 Å². The molecule has 2 aromatic rings. The molecule has 0 spiro atoms. The Morgan fingerprint density at radius 3 is 2.48 bits per heavy atom. The Morgan fingerprint density at radius 2 is 1.83 bits per heavy atom. The number of ether oxygens (including phenoxy) is 2. The summed E-state index contributed by atoms with van der Waals surface area (Å²) in [5.74, 6) is 0.520. The van der Waals surface area contributed by atoms with E-state index in [9.17, 15) is 9.59 Å². The Hall–Kier alpha value is -2.61. The van der Waals surface area contributed by atoms with Crippen LogP contribution in [0.1, 0.15) is 25.0 Å². The third-order valence-electron chi connectivity index (χ3n) is 4.45. The number of nitrogens with one attached hydrogen (secondary N) is 2. The predicted molar refractivity (Wildman–Crippen MR) is 112 cm³/mol. The number of halogens is 1. The van der Waals surface area contributed by atoms with Crippen LogP contribution in [0.5, 0.6) is 5.75 Å². The van der Waals surface area contributed by atoms with Gasteiger partial charge >= 0.3 is 0 Å². The van der Waals surface area contributed by atoms with Gasteiger partial charge in [0.05, 0.1) is 13.2 Å². The largest absolute Gasteiger partial charge is 0.467 e. The molecule has 2 aromatic carbocycles. The number of benzene rings is 2. The zero-order chi connectivity index (χ0) is 20.8. The minimum atomic E-state index is -0.140. The van der Waals surface area contributed by atoms with E-state index in [1.807, 2.05) is 24.0 Å². The van der Waals surface area contributed by atoms with Gasteiger partial charge in [0, 0.05) is 41.0 Å². The first kappa shape index (κ1) is 21.1. The molecule has 1 aliphatic heterocycles. The first-order valence-corrected chi connectivity index (χ1v) is 9.74. The maximum Gasteiger partial charge on any atom is 0.238 e. The first-order valence-electron chi connectivity index (χ1n) is 9.36. The molecule has 0 saturated heterocycles. The number of fused-ring (bicyclic) bond motifs is 1.